The number of aromatic amines is 1. The number of hydrogen-bond acceptors (Lipinski definition) is 6. The van der Waals surface area contributed by atoms with Gasteiger partial charge in [0.1, 0.15) is 5.82 Å². The Labute approximate surface area is 193 Å². The molecule has 0 bridgehead atoms. The quantitative estimate of drug-likeness (QED) is 0.279. The Bertz CT molecular complexity index is 1230. The van der Waals surface area contributed by atoms with E-state index in [1.165, 1.54) is 6.26 Å². The number of allylic oxidation sites excluding steroid dienone is 3. The van der Waals surface area contributed by atoms with Crippen molar-refractivity contribution in [2.75, 3.05) is 12.0 Å². The number of thioether (sulfide) groups is 1. The third-order valence-electron chi connectivity index (χ3n) is 4.79. The van der Waals surface area contributed by atoms with Gasteiger partial charge in [-0.25, -0.2) is 13.4 Å². The van der Waals surface area contributed by atoms with Crippen LogP contribution in [0.3, 0.4) is 0 Å². The summed E-state index contributed by atoms with van der Waals surface area (Å²) in [7, 11) is -3.22. The molecule has 0 unspecified atom stereocenters. The van der Waals surface area contributed by atoms with Crippen LogP contribution in [0.25, 0.3) is 0 Å². The van der Waals surface area contributed by atoms with E-state index in [0.717, 1.165) is 40.0 Å². The molecule has 32 heavy (non-hydrogen) atoms. The molecule has 0 aliphatic carbocycles. The van der Waals surface area contributed by atoms with E-state index >= 15 is 0 Å². The molecular weight excluding hydrogens is 442 g/mol. The molecule has 0 radical (unpaired) electrons. The van der Waals surface area contributed by atoms with Gasteiger partial charge in [-0.2, -0.15) is 0 Å². The summed E-state index contributed by atoms with van der Waals surface area (Å²) >= 11 is 1.60. The predicted molar refractivity (Wildman–Crippen MR) is 127 cm³/mol. The first-order valence-electron chi connectivity index (χ1n) is 10.00. The Morgan fingerprint density at radius 2 is 2.06 bits per heavy atom. The van der Waals surface area contributed by atoms with Crippen LogP contribution in [0.1, 0.15) is 24.0 Å². The van der Waals surface area contributed by atoms with Gasteiger partial charge in [0.15, 0.2) is 15.0 Å². The topological polar surface area (TPSA) is 93.5 Å². The number of hydrogen-bond donors (Lipinski definition) is 1. The van der Waals surface area contributed by atoms with E-state index in [0.29, 0.717) is 17.9 Å². The second-order valence-electron chi connectivity index (χ2n) is 7.11. The molecule has 3 aromatic rings. The number of rotatable bonds is 10. The zero-order valence-electron chi connectivity index (χ0n) is 18.0. The fraction of sp³-hybridized carbons (Fsp3) is 0.261. The number of nitrogens with one attached hydrogen (secondary N) is 1. The van der Waals surface area contributed by atoms with Crippen LogP contribution < -0.4 is 0 Å². The van der Waals surface area contributed by atoms with Crippen LogP contribution in [0.5, 0.6) is 0 Å². The van der Waals surface area contributed by atoms with Crippen LogP contribution >= 0.6 is 11.8 Å². The van der Waals surface area contributed by atoms with Gasteiger partial charge in [0, 0.05) is 37.6 Å². The molecule has 0 amide bonds. The number of benzene rings is 1. The molecule has 0 spiro atoms. The maximum Gasteiger partial charge on any atom is 0.191 e. The summed E-state index contributed by atoms with van der Waals surface area (Å²) in [5.74, 6) is 4.05. The molecule has 3 rings (SSSR count). The third kappa shape index (κ3) is 6.45. The Morgan fingerprint density at radius 1 is 1.28 bits per heavy atom. The summed E-state index contributed by atoms with van der Waals surface area (Å²) in [4.78, 5) is 7.58. The van der Waals surface area contributed by atoms with Gasteiger partial charge in [-0.15, -0.1) is 16.6 Å². The maximum absolute atomic E-state index is 11.7. The Balaban J connectivity index is 1.81. The maximum atomic E-state index is 11.7. The average molecular weight is 468 g/mol. The number of imidazole rings is 1. The van der Waals surface area contributed by atoms with Crippen molar-refractivity contribution in [1.82, 2.24) is 24.7 Å². The molecule has 7 nitrogen and oxygen atoms in total. The summed E-state index contributed by atoms with van der Waals surface area (Å²) in [6, 6.07) is 6.89. The molecule has 0 atom stereocenters. The summed E-state index contributed by atoms with van der Waals surface area (Å²) in [5.41, 5.74) is 3.03. The molecule has 0 saturated carbocycles. The number of nitrogens with zero attached hydrogens (tertiary/aromatic N) is 4. The number of sulfone groups is 1. The molecule has 0 aliphatic rings. The minimum absolute atomic E-state index is 0.302. The van der Waals surface area contributed by atoms with E-state index in [2.05, 4.69) is 30.7 Å². The van der Waals surface area contributed by atoms with Gasteiger partial charge in [-0.3, -0.25) is 0 Å². The zero-order chi connectivity index (χ0) is 23.0. The highest BCUT2D eigenvalue weighted by molar-refractivity contribution is 7.99. The number of aryl methyl sites for hydroxylation is 1. The van der Waals surface area contributed by atoms with Crippen molar-refractivity contribution in [2.24, 2.45) is 0 Å². The van der Waals surface area contributed by atoms with Crippen molar-refractivity contribution in [3.05, 3.63) is 77.7 Å². The van der Waals surface area contributed by atoms with Crippen LogP contribution in [0.4, 0.5) is 0 Å². The van der Waals surface area contributed by atoms with Crippen molar-refractivity contribution in [3.8, 4) is 12.3 Å². The highest BCUT2D eigenvalue weighted by Gasteiger charge is 2.15. The summed E-state index contributed by atoms with van der Waals surface area (Å²) in [5, 5.41) is 9.66. The molecule has 9 heteroatoms. The lowest BCUT2D eigenvalue weighted by Crippen LogP contribution is -2.09. The largest absolute Gasteiger partial charge is 0.351 e. The van der Waals surface area contributed by atoms with Crippen molar-refractivity contribution < 1.29 is 8.42 Å². The van der Waals surface area contributed by atoms with E-state index < -0.39 is 9.84 Å². The average Bonchev–Trinajstić information content (AvgIpc) is 3.42. The fourth-order valence-electron chi connectivity index (χ4n) is 3.00. The normalized spacial score (nSPS) is 12.3. The van der Waals surface area contributed by atoms with Gasteiger partial charge in [0.2, 0.25) is 0 Å². The van der Waals surface area contributed by atoms with Crippen molar-refractivity contribution in [1.29, 1.82) is 0 Å². The molecule has 0 saturated heterocycles. The van der Waals surface area contributed by atoms with Crippen LogP contribution in [0.2, 0.25) is 0 Å². The van der Waals surface area contributed by atoms with Gasteiger partial charge in [0.05, 0.1) is 16.9 Å². The molecule has 0 fully saturated rings. The molecular formula is C23H25N5O2S2. The van der Waals surface area contributed by atoms with Gasteiger partial charge < -0.3 is 9.55 Å². The molecule has 2 heterocycles. The highest BCUT2D eigenvalue weighted by Crippen LogP contribution is 2.22. The number of aromatic nitrogens is 5. The monoisotopic (exact) mass is 467 g/mol. The highest BCUT2D eigenvalue weighted by atomic mass is 32.2. The van der Waals surface area contributed by atoms with E-state index in [9.17, 15) is 8.42 Å². The first kappa shape index (κ1) is 23.6. The minimum atomic E-state index is -3.22. The Morgan fingerprint density at radius 3 is 2.69 bits per heavy atom. The lowest BCUT2D eigenvalue weighted by molar-refractivity contribution is 0.601. The van der Waals surface area contributed by atoms with Crippen molar-refractivity contribution in [3.63, 3.8) is 0 Å². The van der Waals surface area contributed by atoms with E-state index in [1.807, 2.05) is 37.4 Å². The molecule has 166 valence electrons. The third-order valence-corrected chi connectivity index (χ3v) is 6.95. The van der Waals surface area contributed by atoms with Crippen LogP contribution in [0, 0.1) is 12.3 Å². The fourth-order valence-corrected chi connectivity index (χ4v) is 4.64. The van der Waals surface area contributed by atoms with Gasteiger partial charge in [-0.1, -0.05) is 42.0 Å². The summed E-state index contributed by atoms with van der Waals surface area (Å²) in [6.45, 7) is 2.66. The second kappa shape index (κ2) is 11.0. The molecule has 1 N–H and O–H groups in total. The van der Waals surface area contributed by atoms with Crippen molar-refractivity contribution in [2.45, 2.75) is 36.4 Å². The van der Waals surface area contributed by atoms with E-state index in [4.69, 9.17) is 6.42 Å². The first-order valence-corrected chi connectivity index (χ1v) is 12.9. The lowest BCUT2D eigenvalue weighted by atomic mass is 10.1. The SMILES string of the molecule is C#C/C=C\C(=C/C)CSc1nnc(Cc2ccc(S(C)(=O)=O)cc2)n1CCc1c[nH]cn1. The standard InChI is InChI=1S/C23H25N5O2S2/c1-4-6-7-18(5-2)16-31-23-27-26-22(28(23)13-12-20-15-24-17-25-20)14-19-8-10-21(11-9-19)32(3,29)30/h1,5-11,15,17H,12-14,16H2,2-3H3,(H,24,25)/b7-6-,18-5+. The predicted octanol–water partition coefficient (Wildman–Crippen LogP) is 3.47. The summed E-state index contributed by atoms with van der Waals surface area (Å²) < 4.78 is 25.5. The van der Waals surface area contributed by atoms with Crippen molar-refractivity contribution >= 4 is 21.6 Å². The minimum Gasteiger partial charge on any atom is -0.351 e. The first-order chi connectivity index (χ1) is 15.4. The second-order valence-corrected chi connectivity index (χ2v) is 10.1. The molecule has 2 aromatic heterocycles. The van der Waals surface area contributed by atoms with Gasteiger partial charge >= 0.3 is 0 Å². The smallest absolute Gasteiger partial charge is 0.191 e. The van der Waals surface area contributed by atoms with Gasteiger partial charge in [-0.05, 0) is 36.3 Å². The van der Waals surface area contributed by atoms with Crippen LogP contribution in [-0.2, 0) is 29.2 Å². The Kier molecular flexibility index (Phi) is 8.09. The van der Waals surface area contributed by atoms with E-state index in [-0.39, 0.29) is 0 Å². The molecule has 0 aliphatic heterocycles. The lowest BCUT2D eigenvalue weighted by Gasteiger charge is -2.10. The summed E-state index contributed by atoms with van der Waals surface area (Å²) in [6.07, 6.45) is 17.0. The van der Waals surface area contributed by atoms with Crippen LogP contribution in [0.15, 0.2) is 70.6 Å². The van der Waals surface area contributed by atoms with E-state index in [1.54, 1.807) is 36.3 Å². The molecule has 1 aromatic carbocycles. The number of terminal acetylenes is 1. The van der Waals surface area contributed by atoms with Gasteiger partial charge in [0.25, 0.3) is 0 Å². The Hall–Kier alpha value is -3.09. The zero-order valence-corrected chi connectivity index (χ0v) is 19.7. The number of H-pyrrole nitrogens is 1. The van der Waals surface area contributed by atoms with Crippen LogP contribution in [-0.4, -0.2) is 45.2 Å².